The second kappa shape index (κ2) is 4.53. The quantitative estimate of drug-likeness (QED) is 0.776. The molecule has 4 heteroatoms. The molecule has 2 nitrogen and oxygen atoms in total. The summed E-state index contributed by atoms with van der Waals surface area (Å²) < 4.78 is 13.1. The number of ketones is 1. The van der Waals surface area contributed by atoms with Gasteiger partial charge in [-0.25, -0.2) is 4.39 Å². The normalized spacial score (nSPS) is 17.5. The fourth-order valence-electron chi connectivity index (χ4n) is 2.06. The van der Waals surface area contributed by atoms with Crippen LogP contribution < -0.4 is 0 Å². The molecule has 3 rings (SSSR count). The number of Topliss-reactive ketones (excluding diaryl/α,β-unsaturated/α-hetero) is 1. The van der Waals surface area contributed by atoms with Crippen LogP contribution in [0.1, 0.15) is 15.9 Å². The number of carbonyl (C=O) groups is 1. The molecule has 1 aromatic carbocycles. The highest BCUT2D eigenvalue weighted by atomic mass is 32.2. The number of nitrogens with zero attached hydrogens (tertiary/aromatic N) is 1. The monoisotopic (exact) mass is 259 g/mol. The Morgan fingerprint density at radius 3 is 2.94 bits per heavy atom. The number of carbonyl (C=O) groups excluding carboxylic acids is 1. The molecule has 2 heterocycles. The first-order valence-corrected chi connectivity index (χ1v) is 6.51. The van der Waals surface area contributed by atoms with Crippen LogP contribution in [0.4, 0.5) is 4.39 Å². The highest BCUT2D eigenvalue weighted by Crippen LogP contribution is 2.38. The first kappa shape index (κ1) is 11.4. The summed E-state index contributed by atoms with van der Waals surface area (Å²) in [5.41, 5.74) is 1.53. The molecule has 0 aliphatic carbocycles. The predicted octanol–water partition coefficient (Wildman–Crippen LogP) is 3.12. The third-order valence-corrected chi connectivity index (χ3v) is 4.25. The van der Waals surface area contributed by atoms with Gasteiger partial charge < -0.3 is 0 Å². The molecular formula is C14H10FNOS. The standard InChI is InChI=1S/C14H10FNOS/c15-11-5-10(7-16-8-11)14(17)13-6-9-3-1-2-4-12(9)18-13/h1-5,7-8,13H,6H2. The SMILES string of the molecule is O=C(c1cncc(F)c1)C1Cc2ccccc2S1. The van der Waals surface area contributed by atoms with E-state index in [1.807, 2.05) is 24.3 Å². The molecule has 0 saturated carbocycles. The summed E-state index contributed by atoms with van der Waals surface area (Å²) in [5.74, 6) is -0.524. The van der Waals surface area contributed by atoms with Crippen molar-refractivity contribution in [3.8, 4) is 0 Å². The molecule has 1 aliphatic heterocycles. The minimum atomic E-state index is -0.471. The maximum absolute atomic E-state index is 13.1. The van der Waals surface area contributed by atoms with E-state index in [1.54, 1.807) is 11.8 Å². The van der Waals surface area contributed by atoms with Crippen molar-refractivity contribution in [2.45, 2.75) is 16.6 Å². The Morgan fingerprint density at radius 2 is 2.17 bits per heavy atom. The molecule has 90 valence electrons. The van der Waals surface area contributed by atoms with Crippen molar-refractivity contribution in [1.82, 2.24) is 4.98 Å². The minimum Gasteiger partial charge on any atom is -0.293 e. The molecule has 1 aliphatic rings. The minimum absolute atomic E-state index is 0.0526. The van der Waals surface area contributed by atoms with Gasteiger partial charge in [0.05, 0.1) is 11.4 Å². The number of hydrogen-bond acceptors (Lipinski definition) is 3. The van der Waals surface area contributed by atoms with E-state index in [4.69, 9.17) is 0 Å². The van der Waals surface area contributed by atoms with Gasteiger partial charge >= 0.3 is 0 Å². The fourth-order valence-corrected chi connectivity index (χ4v) is 3.33. The van der Waals surface area contributed by atoms with E-state index in [2.05, 4.69) is 4.98 Å². The first-order valence-electron chi connectivity index (χ1n) is 5.63. The van der Waals surface area contributed by atoms with Crippen molar-refractivity contribution in [2.24, 2.45) is 0 Å². The lowest BCUT2D eigenvalue weighted by Crippen LogP contribution is -2.16. The largest absolute Gasteiger partial charge is 0.293 e. The van der Waals surface area contributed by atoms with E-state index in [9.17, 15) is 9.18 Å². The Kier molecular flexibility index (Phi) is 2.88. The second-order valence-corrected chi connectivity index (χ2v) is 5.42. The number of pyridine rings is 1. The van der Waals surface area contributed by atoms with Crippen LogP contribution in [0, 0.1) is 5.82 Å². The topological polar surface area (TPSA) is 30.0 Å². The van der Waals surface area contributed by atoms with Gasteiger partial charge in [-0.05, 0) is 24.1 Å². The van der Waals surface area contributed by atoms with E-state index in [0.29, 0.717) is 12.0 Å². The van der Waals surface area contributed by atoms with Crippen LogP contribution in [-0.2, 0) is 6.42 Å². The lowest BCUT2D eigenvalue weighted by Gasteiger charge is -2.06. The third-order valence-electron chi connectivity index (χ3n) is 2.93. The Labute approximate surface area is 108 Å². The lowest BCUT2D eigenvalue weighted by molar-refractivity contribution is 0.0989. The van der Waals surface area contributed by atoms with Gasteiger partial charge in [0, 0.05) is 16.7 Å². The van der Waals surface area contributed by atoms with Crippen LogP contribution >= 0.6 is 11.8 Å². The van der Waals surface area contributed by atoms with Gasteiger partial charge in [-0.1, -0.05) is 18.2 Å². The number of aromatic nitrogens is 1. The molecule has 1 unspecified atom stereocenters. The number of halogens is 1. The van der Waals surface area contributed by atoms with Gasteiger partial charge in [0.2, 0.25) is 0 Å². The summed E-state index contributed by atoms with van der Waals surface area (Å²) in [6.45, 7) is 0. The van der Waals surface area contributed by atoms with E-state index < -0.39 is 5.82 Å². The molecule has 2 aromatic rings. The molecule has 0 radical (unpaired) electrons. The van der Waals surface area contributed by atoms with Crippen LogP contribution in [0.3, 0.4) is 0 Å². The summed E-state index contributed by atoms with van der Waals surface area (Å²) in [4.78, 5) is 17.1. The Bertz CT molecular complexity index is 589. The summed E-state index contributed by atoms with van der Waals surface area (Å²) in [6.07, 6.45) is 3.23. The van der Waals surface area contributed by atoms with Gasteiger partial charge in [0.1, 0.15) is 5.82 Å². The molecule has 0 saturated heterocycles. The number of hydrogen-bond donors (Lipinski definition) is 0. The molecule has 18 heavy (non-hydrogen) atoms. The summed E-state index contributed by atoms with van der Waals surface area (Å²) in [5, 5.41) is -0.161. The van der Waals surface area contributed by atoms with Crippen molar-refractivity contribution in [2.75, 3.05) is 0 Å². The molecule has 1 atom stereocenters. The lowest BCUT2D eigenvalue weighted by atomic mass is 10.0. The van der Waals surface area contributed by atoms with E-state index in [0.717, 1.165) is 11.1 Å². The molecule has 0 fully saturated rings. The van der Waals surface area contributed by atoms with Crippen molar-refractivity contribution in [3.63, 3.8) is 0 Å². The molecule has 0 N–H and O–H groups in total. The van der Waals surface area contributed by atoms with Crippen LogP contribution in [0.2, 0.25) is 0 Å². The Morgan fingerprint density at radius 1 is 1.33 bits per heavy atom. The summed E-state index contributed by atoms with van der Waals surface area (Å²) >= 11 is 1.55. The Balaban J connectivity index is 1.84. The molecular weight excluding hydrogens is 249 g/mol. The van der Waals surface area contributed by atoms with Crippen molar-refractivity contribution < 1.29 is 9.18 Å². The van der Waals surface area contributed by atoms with E-state index in [-0.39, 0.29) is 11.0 Å². The van der Waals surface area contributed by atoms with Crippen molar-refractivity contribution >= 4 is 17.5 Å². The smallest absolute Gasteiger partial charge is 0.178 e. The molecule has 0 amide bonds. The van der Waals surface area contributed by atoms with E-state index >= 15 is 0 Å². The molecule has 0 spiro atoms. The van der Waals surface area contributed by atoms with Gasteiger partial charge in [0.15, 0.2) is 5.78 Å². The first-order chi connectivity index (χ1) is 8.74. The molecule has 1 aromatic heterocycles. The summed E-state index contributed by atoms with van der Waals surface area (Å²) in [6, 6.07) is 9.22. The average molecular weight is 259 g/mol. The number of fused-ring (bicyclic) bond motifs is 1. The zero-order valence-corrected chi connectivity index (χ0v) is 10.3. The highest BCUT2D eigenvalue weighted by Gasteiger charge is 2.28. The number of thioether (sulfide) groups is 1. The number of rotatable bonds is 2. The van der Waals surface area contributed by atoms with Crippen molar-refractivity contribution in [1.29, 1.82) is 0 Å². The predicted molar refractivity (Wildman–Crippen MR) is 68.3 cm³/mol. The van der Waals surface area contributed by atoms with Crippen LogP contribution in [0.15, 0.2) is 47.6 Å². The second-order valence-electron chi connectivity index (χ2n) is 4.17. The molecule has 0 bridgehead atoms. The van der Waals surface area contributed by atoms with E-state index in [1.165, 1.54) is 17.8 Å². The number of benzene rings is 1. The highest BCUT2D eigenvalue weighted by molar-refractivity contribution is 8.01. The zero-order chi connectivity index (χ0) is 12.5. The van der Waals surface area contributed by atoms with Crippen LogP contribution in [0.5, 0.6) is 0 Å². The fraction of sp³-hybridized carbons (Fsp3) is 0.143. The summed E-state index contributed by atoms with van der Waals surface area (Å²) in [7, 11) is 0. The van der Waals surface area contributed by atoms with Crippen LogP contribution in [-0.4, -0.2) is 16.0 Å². The van der Waals surface area contributed by atoms with Gasteiger partial charge in [0.25, 0.3) is 0 Å². The zero-order valence-electron chi connectivity index (χ0n) is 9.47. The van der Waals surface area contributed by atoms with Crippen molar-refractivity contribution in [3.05, 3.63) is 59.7 Å². The average Bonchev–Trinajstić information content (AvgIpc) is 2.81. The maximum Gasteiger partial charge on any atom is 0.178 e. The van der Waals surface area contributed by atoms with Gasteiger partial charge in [-0.3, -0.25) is 9.78 Å². The van der Waals surface area contributed by atoms with Crippen LogP contribution in [0.25, 0.3) is 0 Å². The third kappa shape index (κ3) is 2.04. The Hall–Kier alpha value is -1.68. The maximum atomic E-state index is 13.1. The van der Waals surface area contributed by atoms with Gasteiger partial charge in [-0.15, -0.1) is 11.8 Å². The van der Waals surface area contributed by atoms with Gasteiger partial charge in [-0.2, -0.15) is 0 Å².